The lowest BCUT2D eigenvalue weighted by molar-refractivity contribution is 0.0845. The Bertz CT molecular complexity index is 904. The first kappa shape index (κ1) is 20.2. The topological polar surface area (TPSA) is 46.2 Å². The third-order valence-electron chi connectivity index (χ3n) is 4.62. The Morgan fingerprint density at radius 1 is 0.786 bits per heavy atom. The van der Waals surface area contributed by atoms with Gasteiger partial charge in [0, 0.05) is 22.3 Å². The number of amides is 2. The van der Waals surface area contributed by atoms with Crippen LogP contribution in [0.25, 0.3) is 10.8 Å². The molecule has 4 heteroatoms. The number of benzene rings is 3. The van der Waals surface area contributed by atoms with Crippen molar-refractivity contribution >= 4 is 34.3 Å². The van der Waals surface area contributed by atoms with Crippen molar-refractivity contribution in [3.05, 3.63) is 83.4 Å². The SMILES string of the molecule is CCCCCSCc1ccccc1.O=C1NC(=O)c2cccc3cccc1c23. The molecule has 1 aliphatic heterocycles. The van der Waals surface area contributed by atoms with Gasteiger partial charge in [0.2, 0.25) is 0 Å². The van der Waals surface area contributed by atoms with Gasteiger partial charge in [-0.15, -0.1) is 0 Å². The molecule has 0 atom stereocenters. The number of unbranched alkanes of at least 4 members (excludes halogenated alkanes) is 2. The van der Waals surface area contributed by atoms with Crippen LogP contribution in [-0.4, -0.2) is 17.6 Å². The monoisotopic (exact) mass is 391 g/mol. The maximum Gasteiger partial charge on any atom is 0.258 e. The van der Waals surface area contributed by atoms with E-state index in [2.05, 4.69) is 42.6 Å². The van der Waals surface area contributed by atoms with Crippen molar-refractivity contribution in [1.82, 2.24) is 5.32 Å². The van der Waals surface area contributed by atoms with Crippen LogP contribution in [0.4, 0.5) is 0 Å². The van der Waals surface area contributed by atoms with Crippen LogP contribution < -0.4 is 5.32 Å². The molecule has 28 heavy (non-hydrogen) atoms. The molecule has 1 aliphatic rings. The molecule has 0 aliphatic carbocycles. The van der Waals surface area contributed by atoms with Crippen LogP contribution in [0.15, 0.2) is 66.7 Å². The van der Waals surface area contributed by atoms with Gasteiger partial charge in [-0.1, -0.05) is 74.4 Å². The number of thioether (sulfide) groups is 1. The van der Waals surface area contributed by atoms with Crippen LogP contribution >= 0.6 is 11.8 Å². The second-order valence-corrected chi connectivity index (χ2v) is 7.84. The maximum absolute atomic E-state index is 11.6. The minimum absolute atomic E-state index is 0.315. The Hall–Kier alpha value is -2.59. The summed E-state index contributed by atoms with van der Waals surface area (Å²) in [4.78, 5) is 23.1. The van der Waals surface area contributed by atoms with Gasteiger partial charge < -0.3 is 0 Å². The van der Waals surface area contributed by atoms with E-state index in [0.29, 0.717) is 11.1 Å². The average molecular weight is 392 g/mol. The van der Waals surface area contributed by atoms with Crippen LogP contribution in [0.2, 0.25) is 0 Å². The van der Waals surface area contributed by atoms with E-state index in [-0.39, 0.29) is 11.8 Å². The third kappa shape index (κ3) is 5.02. The number of rotatable bonds is 6. The summed E-state index contributed by atoms with van der Waals surface area (Å²) in [7, 11) is 0. The van der Waals surface area contributed by atoms with E-state index < -0.39 is 0 Å². The summed E-state index contributed by atoms with van der Waals surface area (Å²) in [6.07, 6.45) is 4.07. The predicted octanol–water partition coefficient (Wildman–Crippen LogP) is 5.83. The van der Waals surface area contributed by atoms with Gasteiger partial charge in [-0.3, -0.25) is 14.9 Å². The molecular weight excluding hydrogens is 366 g/mol. The molecule has 0 spiro atoms. The zero-order valence-electron chi connectivity index (χ0n) is 16.1. The molecule has 1 N–H and O–H groups in total. The quantitative estimate of drug-likeness (QED) is 0.424. The minimum Gasteiger partial charge on any atom is -0.288 e. The highest BCUT2D eigenvalue weighted by molar-refractivity contribution is 7.98. The molecule has 0 bridgehead atoms. The number of carbonyl (C=O) groups is 2. The Morgan fingerprint density at radius 2 is 1.43 bits per heavy atom. The van der Waals surface area contributed by atoms with Crippen molar-refractivity contribution in [3.8, 4) is 0 Å². The fourth-order valence-electron chi connectivity index (χ4n) is 3.18. The summed E-state index contributed by atoms with van der Waals surface area (Å²) in [6.45, 7) is 2.25. The summed E-state index contributed by atoms with van der Waals surface area (Å²) < 4.78 is 0. The molecule has 3 nitrogen and oxygen atoms in total. The van der Waals surface area contributed by atoms with Gasteiger partial charge in [-0.2, -0.15) is 11.8 Å². The molecule has 0 unspecified atom stereocenters. The molecular formula is C24H25NO2S. The van der Waals surface area contributed by atoms with E-state index in [9.17, 15) is 9.59 Å². The largest absolute Gasteiger partial charge is 0.288 e. The average Bonchev–Trinajstić information content (AvgIpc) is 2.73. The van der Waals surface area contributed by atoms with Gasteiger partial charge in [0.05, 0.1) is 0 Å². The molecule has 0 fully saturated rings. The molecule has 3 aromatic carbocycles. The first-order chi connectivity index (χ1) is 13.7. The molecule has 4 rings (SSSR count). The summed E-state index contributed by atoms with van der Waals surface area (Å²) in [5.74, 6) is 1.85. The highest BCUT2D eigenvalue weighted by Gasteiger charge is 2.23. The first-order valence-electron chi connectivity index (χ1n) is 9.69. The van der Waals surface area contributed by atoms with E-state index in [0.717, 1.165) is 10.8 Å². The number of hydrogen-bond acceptors (Lipinski definition) is 3. The second-order valence-electron chi connectivity index (χ2n) is 6.74. The molecule has 144 valence electrons. The van der Waals surface area contributed by atoms with E-state index >= 15 is 0 Å². The zero-order chi connectivity index (χ0) is 19.8. The van der Waals surface area contributed by atoms with Crippen molar-refractivity contribution in [1.29, 1.82) is 0 Å². The van der Waals surface area contributed by atoms with Crippen LogP contribution in [-0.2, 0) is 5.75 Å². The van der Waals surface area contributed by atoms with Crippen molar-refractivity contribution in [3.63, 3.8) is 0 Å². The van der Waals surface area contributed by atoms with Gasteiger partial charge >= 0.3 is 0 Å². The predicted molar refractivity (Wildman–Crippen MR) is 118 cm³/mol. The van der Waals surface area contributed by atoms with Crippen LogP contribution in [0.5, 0.6) is 0 Å². The number of imide groups is 1. The fourth-order valence-corrected chi connectivity index (χ4v) is 4.16. The van der Waals surface area contributed by atoms with Crippen LogP contribution in [0.1, 0.15) is 52.5 Å². The normalized spacial score (nSPS) is 12.3. The highest BCUT2D eigenvalue weighted by atomic mass is 32.2. The van der Waals surface area contributed by atoms with Gasteiger partial charge in [0.1, 0.15) is 0 Å². The summed E-state index contributed by atoms with van der Waals surface area (Å²) >= 11 is 2.05. The lowest BCUT2D eigenvalue weighted by Gasteiger charge is -2.15. The maximum atomic E-state index is 11.6. The zero-order valence-corrected chi connectivity index (χ0v) is 16.9. The molecule has 0 saturated heterocycles. The van der Waals surface area contributed by atoms with Crippen molar-refractivity contribution in [2.45, 2.75) is 31.9 Å². The third-order valence-corrected chi connectivity index (χ3v) is 5.74. The summed E-state index contributed by atoms with van der Waals surface area (Å²) in [6, 6.07) is 21.6. The van der Waals surface area contributed by atoms with E-state index in [4.69, 9.17) is 0 Å². The fraction of sp³-hybridized carbons (Fsp3) is 0.250. The Kier molecular flexibility index (Phi) is 7.26. The van der Waals surface area contributed by atoms with Crippen molar-refractivity contribution in [2.24, 2.45) is 0 Å². The van der Waals surface area contributed by atoms with E-state index in [1.54, 1.807) is 12.1 Å². The van der Waals surface area contributed by atoms with Crippen LogP contribution in [0, 0.1) is 0 Å². The van der Waals surface area contributed by atoms with E-state index in [1.165, 1.54) is 36.3 Å². The summed E-state index contributed by atoms with van der Waals surface area (Å²) in [5.41, 5.74) is 2.59. The first-order valence-corrected chi connectivity index (χ1v) is 10.8. The molecule has 0 radical (unpaired) electrons. The van der Waals surface area contributed by atoms with Gasteiger partial charge in [0.15, 0.2) is 0 Å². The molecule has 0 aromatic heterocycles. The number of hydrogen-bond donors (Lipinski definition) is 1. The molecule has 0 saturated carbocycles. The van der Waals surface area contributed by atoms with Crippen molar-refractivity contribution < 1.29 is 9.59 Å². The Labute approximate surface area is 170 Å². The van der Waals surface area contributed by atoms with Gasteiger partial charge in [-0.05, 0) is 35.3 Å². The number of carbonyl (C=O) groups excluding carboxylic acids is 2. The molecule has 1 heterocycles. The minimum atomic E-state index is -0.315. The van der Waals surface area contributed by atoms with Gasteiger partial charge in [0.25, 0.3) is 11.8 Å². The molecule has 2 amide bonds. The smallest absolute Gasteiger partial charge is 0.258 e. The van der Waals surface area contributed by atoms with Crippen molar-refractivity contribution in [2.75, 3.05) is 5.75 Å². The second kappa shape index (κ2) is 10.1. The lowest BCUT2D eigenvalue weighted by atomic mass is 9.95. The molecule has 3 aromatic rings. The summed E-state index contributed by atoms with van der Waals surface area (Å²) in [5, 5.41) is 4.00. The number of nitrogens with one attached hydrogen (secondary N) is 1. The standard InChI is InChI=1S/C12H7NO2.C12H18S/c14-11-8-5-1-3-7-4-2-6-9(10(7)8)12(15)13-11;1-2-3-7-10-13-11-12-8-5-4-6-9-12/h1-6H,(H,13,14,15);4-6,8-9H,2-3,7,10-11H2,1H3. The lowest BCUT2D eigenvalue weighted by Crippen LogP contribution is -2.34. The van der Waals surface area contributed by atoms with Gasteiger partial charge in [-0.25, -0.2) is 0 Å². The van der Waals surface area contributed by atoms with E-state index in [1.807, 2.05) is 36.0 Å². The highest BCUT2D eigenvalue weighted by Crippen LogP contribution is 2.25. The Morgan fingerprint density at radius 3 is 2.04 bits per heavy atom. The van der Waals surface area contributed by atoms with Crippen LogP contribution in [0.3, 0.4) is 0 Å². The Balaban J connectivity index is 0.000000163.